The normalized spacial score (nSPS) is 18.4. The minimum atomic E-state index is 0.0610. The summed E-state index contributed by atoms with van der Waals surface area (Å²) in [5, 5.41) is 0. The van der Waals surface area contributed by atoms with Crippen LogP contribution in [-0.2, 0) is 11.2 Å². The van der Waals surface area contributed by atoms with Crippen LogP contribution < -0.4 is 0 Å². The van der Waals surface area contributed by atoms with Crippen LogP contribution >= 0.6 is 11.8 Å². The Kier molecular flexibility index (Phi) is 4.21. The van der Waals surface area contributed by atoms with E-state index in [4.69, 9.17) is 0 Å². The molecule has 3 heteroatoms. The van der Waals surface area contributed by atoms with Crippen molar-refractivity contribution in [2.24, 2.45) is 5.92 Å². The van der Waals surface area contributed by atoms with Crippen molar-refractivity contribution in [1.29, 1.82) is 0 Å². The molecule has 0 spiro atoms. The molecule has 0 amide bonds. The molecule has 1 aliphatic carbocycles. The highest BCUT2D eigenvalue weighted by Crippen LogP contribution is 2.32. The van der Waals surface area contributed by atoms with E-state index in [1.165, 1.54) is 5.56 Å². The molecule has 0 bridgehead atoms. The van der Waals surface area contributed by atoms with Crippen LogP contribution in [0.2, 0.25) is 0 Å². The van der Waals surface area contributed by atoms with Crippen molar-refractivity contribution < 1.29 is 4.79 Å². The third-order valence-corrected chi connectivity index (χ3v) is 4.43. The van der Waals surface area contributed by atoms with E-state index >= 15 is 0 Å². The van der Waals surface area contributed by atoms with Crippen LogP contribution in [-0.4, -0.2) is 22.3 Å². The largest absolute Gasteiger partial charge is 0.298 e. The summed E-state index contributed by atoms with van der Waals surface area (Å²) < 4.78 is 0. The zero-order valence-electron chi connectivity index (χ0n) is 10.5. The van der Waals surface area contributed by atoms with Crippen molar-refractivity contribution in [2.75, 3.05) is 11.5 Å². The maximum Gasteiger partial charge on any atom is 0.151 e. The van der Waals surface area contributed by atoms with Gasteiger partial charge in [-0.25, -0.2) is 0 Å². The number of pyridine rings is 1. The molecule has 1 unspecified atom stereocenters. The maximum absolute atomic E-state index is 12.1. The van der Waals surface area contributed by atoms with Crippen LogP contribution in [0.25, 0.3) is 0 Å². The molecule has 0 N–H and O–H groups in total. The molecule has 0 saturated heterocycles. The van der Waals surface area contributed by atoms with E-state index in [-0.39, 0.29) is 5.92 Å². The number of rotatable bonds is 5. The first-order valence-electron chi connectivity index (χ1n) is 6.22. The molecule has 0 aromatic carbocycles. The Balaban J connectivity index is 1.93. The molecule has 17 heavy (non-hydrogen) atoms. The number of carbonyl (C=O) groups is 1. The number of carbonyl (C=O) groups excluding carboxylic acids is 1. The predicted molar refractivity (Wildman–Crippen MR) is 72.5 cm³/mol. The average molecular weight is 249 g/mol. The van der Waals surface area contributed by atoms with E-state index in [1.54, 1.807) is 18.0 Å². The van der Waals surface area contributed by atoms with Gasteiger partial charge in [-0.05, 0) is 36.1 Å². The highest BCUT2D eigenvalue weighted by molar-refractivity contribution is 7.99. The molecule has 1 aromatic rings. The highest BCUT2D eigenvalue weighted by Gasteiger charge is 2.29. The number of hydrogen-bond acceptors (Lipinski definition) is 3. The average Bonchev–Trinajstić information content (AvgIpc) is 2.72. The number of fused-ring (bicyclic) bond motifs is 1. The van der Waals surface area contributed by atoms with E-state index in [2.05, 4.69) is 24.9 Å². The fourth-order valence-electron chi connectivity index (χ4n) is 2.22. The van der Waals surface area contributed by atoms with Gasteiger partial charge in [-0.3, -0.25) is 9.78 Å². The summed E-state index contributed by atoms with van der Waals surface area (Å²) in [4.78, 5) is 16.5. The number of aryl methyl sites for hydroxylation is 1. The highest BCUT2D eigenvalue weighted by atomic mass is 32.2. The molecule has 2 rings (SSSR count). The first kappa shape index (κ1) is 12.6. The van der Waals surface area contributed by atoms with E-state index in [0.717, 1.165) is 24.3 Å². The zero-order valence-corrected chi connectivity index (χ0v) is 11.3. The van der Waals surface area contributed by atoms with Crippen LogP contribution in [0.15, 0.2) is 18.3 Å². The summed E-state index contributed by atoms with van der Waals surface area (Å²) in [5.74, 6) is 2.77. The van der Waals surface area contributed by atoms with Gasteiger partial charge in [-0.2, -0.15) is 11.8 Å². The Bertz CT molecular complexity index is 403. The van der Waals surface area contributed by atoms with Gasteiger partial charge in [0, 0.05) is 6.20 Å². The summed E-state index contributed by atoms with van der Waals surface area (Å²) in [6.07, 6.45) is 3.76. The molecule has 2 nitrogen and oxygen atoms in total. The van der Waals surface area contributed by atoms with Gasteiger partial charge in [-0.15, -0.1) is 0 Å². The summed E-state index contributed by atoms with van der Waals surface area (Å²) in [6, 6.07) is 4.05. The SMILES string of the molecule is CC(C)CSCC(=O)C1CCc2cccnc21. The Morgan fingerprint density at radius 3 is 3.18 bits per heavy atom. The van der Waals surface area contributed by atoms with Crippen molar-refractivity contribution in [1.82, 2.24) is 4.98 Å². The topological polar surface area (TPSA) is 30.0 Å². The summed E-state index contributed by atoms with van der Waals surface area (Å²) in [7, 11) is 0. The van der Waals surface area contributed by atoms with Gasteiger partial charge in [0.2, 0.25) is 0 Å². The zero-order chi connectivity index (χ0) is 12.3. The Hall–Kier alpha value is -0.830. The lowest BCUT2D eigenvalue weighted by atomic mass is 10.0. The Morgan fingerprint density at radius 2 is 2.41 bits per heavy atom. The summed E-state index contributed by atoms with van der Waals surface area (Å²) in [6.45, 7) is 4.37. The molecule has 0 aliphatic heterocycles. The fourth-order valence-corrected chi connectivity index (χ4v) is 3.21. The van der Waals surface area contributed by atoms with Gasteiger partial charge in [0.05, 0.1) is 17.4 Å². The molecule has 1 aromatic heterocycles. The van der Waals surface area contributed by atoms with Gasteiger partial charge in [0.25, 0.3) is 0 Å². The Labute approximate surface area is 107 Å². The minimum Gasteiger partial charge on any atom is -0.298 e. The van der Waals surface area contributed by atoms with Gasteiger partial charge < -0.3 is 0 Å². The molecule has 92 valence electrons. The molecule has 1 aliphatic rings. The van der Waals surface area contributed by atoms with E-state index < -0.39 is 0 Å². The number of Topliss-reactive ketones (excluding diaryl/α,β-unsaturated/α-hetero) is 1. The minimum absolute atomic E-state index is 0.0610. The van der Waals surface area contributed by atoms with Gasteiger partial charge in [-0.1, -0.05) is 19.9 Å². The molecule has 0 saturated carbocycles. The van der Waals surface area contributed by atoms with Crippen LogP contribution in [0, 0.1) is 5.92 Å². The maximum atomic E-state index is 12.1. The van der Waals surface area contributed by atoms with Crippen LogP contribution in [0.4, 0.5) is 0 Å². The van der Waals surface area contributed by atoms with Crippen molar-refractivity contribution >= 4 is 17.5 Å². The second kappa shape index (κ2) is 5.67. The van der Waals surface area contributed by atoms with Crippen LogP contribution in [0.5, 0.6) is 0 Å². The van der Waals surface area contributed by atoms with E-state index in [0.29, 0.717) is 17.5 Å². The van der Waals surface area contributed by atoms with E-state index in [1.807, 2.05) is 6.07 Å². The van der Waals surface area contributed by atoms with Gasteiger partial charge in [0.15, 0.2) is 5.78 Å². The smallest absolute Gasteiger partial charge is 0.151 e. The van der Waals surface area contributed by atoms with Gasteiger partial charge >= 0.3 is 0 Å². The molecular weight excluding hydrogens is 230 g/mol. The van der Waals surface area contributed by atoms with Crippen LogP contribution in [0.3, 0.4) is 0 Å². The summed E-state index contributed by atoms with van der Waals surface area (Å²) in [5.41, 5.74) is 2.29. The number of ketones is 1. The van der Waals surface area contributed by atoms with E-state index in [9.17, 15) is 4.79 Å². The lowest BCUT2D eigenvalue weighted by Gasteiger charge is -2.10. The number of nitrogens with zero attached hydrogens (tertiary/aromatic N) is 1. The van der Waals surface area contributed by atoms with Crippen molar-refractivity contribution in [2.45, 2.75) is 32.6 Å². The molecular formula is C14H19NOS. The fraction of sp³-hybridized carbons (Fsp3) is 0.571. The summed E-state index contributed by atoms with van der Waals surface area (Å²) >= 11 is 1.75. The van der Waals surface area contributed by atoms with Crippen molar-refractivity contribution in [3.8, 4) is 0 Å². The third kappa shape index (κ3) is 3.09. The monoisotopic (exact) mass is 249 g/mol. The van der Waals surface area contributed by atoms with Gasteiger partial charge in [0.1, 0.15) is 0 Å². The first-order valence-corrected chi connectivity index (χ1v) is 7.38. The first-order chi connectivity index (χ1) is 8.18. The molecule has 1 heterocycles. The number of thioether (sulfide) groups is 1. The number of aromatic nitrogens is 1. The molecule has 0 radical (unpaired) electrons. The standard InChI is InChI=1S/C14H19NOS/c1-10(2)8-17-9-13(16)12-6-5-11-4-3-7-15-14(11)12/h3-4,7,10,12H,5-6,8-9H2,1-2H3. The quantitative estimate of drug-likeness (QED) is 0.803. The third-order valence-electron chi connectivity index (χ3n) is 3.04. The van der Waals surface area contributed by atoms with Crippen LogP contribution in [0.1, 0.15) is 37.4 Å². The number of hydrogen-bond donors (Lipinski definition) is 0. The Morgan fingerprint density at radius 1 is 1.59 bits per heavy atom. The second-order valence-corrected chi connectivity index (χ2v) is 6.04. The molecule has 0 fully saturated rings. The predicted octanol–water partition coefficient (Wildman–Crippen LogP) is 3.07. The van der Waals surface area contributed by atoms with Crippen molar-refractivity contribution in [3.05, 3.63) is 29.6 Å². The lowest BCUT2D eigenvalue weighted by Crippen LogP contribution is -2.14. The second-order valence-electron chi connectivity index (χ2n) is 5.01. The van der Waals surface area contributed by atoms with Crippen molar-refractivity contribution in [3.63, 3.8) is 0 Å². The molecule has 1 atom stereocenters. The lowest BCUT2D eigenvalue weighted by molar-refractivity contribution is -0.118.